The maximum absolute atomic E-state index is 12.9. The first-order valence-electron chi connectivity index (χ1n) is 6.75. The Balaban J connectivity index is 2.83. The first kappa shape index (κ1) is 15.2. The summed E-state index contributed by atoms with van der Waals surface area (Å²) in [5.41, 5.74) is 0. The van der Waals surface area contributed by atoms with Gasteiger partial charge >= 0.3 is 7.60 Å². The Morgan fingerprint density at radius 1 is 1.41 bits per heavy atom. The van der Waals surface area contributed by atoms with Crippen molar-refractivity contribution in [3.8, 4) is 0 Å². The average molecular weight is 264 g/mol. The largest absolute Gasteiger partial charge is 0.390 e. The summed E-state index contributed by atoms with van der Waals surface area (Å²) in [5, 5.41) is 1.72. The molecule has 2 N–H and O–H groups in total. The van der Waals surface area contributed by atoms with Crippen molar-refractivity contribution in [2.75, 3.05) is 13.2 Å². The summed E-state index contributed by atoms with van der Waals surface area (Å²) in [6, 6.07) is 0. The fourth-order valence-electron chi connectivity index (χ4n) is 2.24. The first-order chi connectivity index (χ1) is 7.97. The van der Waals surface area contributed by atoms with E-state index in [0.717, 1.165) is 32.2 Å². The van der Waals surface area contributed by atoms with Gasteiger partial charge < -0.3 is 14.4 Å². The van der Waals surface area contributed by atoms with E-state index in [1.54, 1.807) is 0 Å². The summed E-state index contributed by atoms with van der Waals surface area (Å²) in [4.78, 5) is 0. The van der Waals surface area contributed by atoms with E-state index in [0.29, 0.717) is 6.61 Å². The van der Waals surface area contributed by atoms with Crippen molar-refractivity contribution in [1.82, 2.24) is 0 Å². The van der Waals surface area contributed by atoms with Crippen LogP contribution in [0, 0.1) is 0 Å². The number of nitrogens with two attached hydrogens (primary N) is 1. The van der Waals surface area contributed by atoms with Crippen LogP contribution < -0.4 is 5.32 Å². The van der Waals surface area contributed by atoms with E-state index in [9.17, 15) is 4.57 Å². The molecule has 0 aliphatic carbocycles. The van der Waals surface area contributed by atoms with Crippen LogP contribution in [0.1, 0.15) is 53.4 Å². The van der Waals surface area contributed by atoms with Crippen molar-refractivity contribution >= 4 is 7.60 Å². The van der Waals surface area contributed by atoms with E-state index < -0.39 is 12.9 Å². The lowest BCUT2D eigenvalue weighted by Gasteiger charge is -2.38. The number of quaternary nitrogens is 1. The standard InChI is InChI=1S/C12H26NO3P/c1-5-8-12(4,13-9-6-2)17(14)15-10-7-11(3)16-17/h11,13H,5-10H2,1-4H3/p+1/t11-,12-,17+/m0/s1. The maximum Gasteiger partial charge on any atom is 0.390 e. The zero-order valence-electron chi connectivity index (χ0n) is 11.6. The van der Waals surface area contributed by atoms with Crippen molar-refractivity contribution in [1.29, 1.82) is 0 Å². The van der Waals surface area contributed by atoms with Gasteiger partial charge in [0.2, 0.25) is 0 Å². The smallest absolute Gasteiger partial charge is 0.332 e. The van der Waals surface area contributed by atoms with Gasteiger partial charge in [0, 0.05) is 13.3 Å². The molecule has 0 radical (unpaired) electrons. The van der Waals surface area contributed by atoms with Gasteiger partial charge in [0.15, 0.2) is 5.28 Å². The third-order valence-corrected chi connectivity index (χ3v) is 6.18. The van der Waals surface area contributed by atoms with Crippen LogP contribution in [0.2, 0.25) is 0 Å². The van der Waals surface area contributed by atoms with E-state index >= 15 is 0 Å². The highest BCUT2D eigenvalue weighted by Gasteiger charge is 2.52. The second-order valence-electron chi connectivity index (χ2n) is 5.14. The number of hydrogen-bond acceptors (Lipinski definition) is 3. The highest BCUT2D eigenvalue weighted by atomic mass is 31.2. The van der Waals surface area contributed by atoms with E-state index in [1.807, 2.05) is 13.8 Å². The zero-order valence-corrected chi connectivity index (χ0v) is 12.5. The van der Waals surface area contributed by atoms with Crippen LogP contribution in [0.25, 0.3) is 0 Å². The van der Waals surface area contributed by atoms with Crippen molar-refractivity contribution in [2.24, 2.45) is 0 Å². The normalized spacial score (nSPS) is 33.3. The van der Waals surface area contributed by atoms with E-state index in [4.69, 9.17) is 9.05 Å². The summed E-state index contributed by atoms with van der Waals surface area (Å²) in [6.45, 7) is 9.74. The molecule has 4 nitrogen and oxygen atoms in total. The lowest BCUT2D eigenvalue weighted by molar-refractivity contribution is -0.705. The molecule has 1 saturated heterocycles. The van der Waals surface area contributed by atoms with Crippen molar-refractivity contribution in [3.05, 3.63) is 0 Å². The van der Waals surface area contributed by atoms with Crippen LogP contribution >= 0.6 is 7.60 Å². The monoisotopic (exact) mass is 264 g/mol. The predicted octanol–water partition coefficient (Wildman–Crippen LogP) is 2.49. The molecule has 0 amide bonds. The summed E-state index contributed by atoms with van der Waals surface area (Å²) in [7, 11) is -2.99. The highest BCUT2D eigenvalue weighted by Crippen LogP contribution is 2.61. The van der Waals surface area contributed by atoms with Crippen molar-refractivity contribution < 1.29 is 18.9 Å². The Kier molecular flexibility index (Phi) is 5.65. The Morgan fingerprint density at radius 2 is 2.12 bits per heavy atom. The molecular weight excluding hydrogens is 237 g/mol. The first-order valence-corrected chi connectivity index (χ1v) is 8.29. The SMILES string of the molecule is CCC[NH2+][C@](C)(CCC)[P@@]1(=O)OCC[C@H](C)O1. The third kappa shape index (κ3) is 3.54. The Bertz CT molecular complexity index is 285. The molecule has 0 saturated carbocycles. The van der Waals surface area contributed by atoms with Crippen LogP contribution in [0.5, 0.6) is 0 Å². The number of rotatable bonds is 6. The van der Waals surface area contributed by atoms with Gasteiger partial charge in [-0.05, 0) is 26.2 Å². The van der Waals surface area contributed by atoms with Gasteiger partial charge in [-0.15, -0.1) is 0 Å². The van der Waals surface area contributed by atoms with Gasteiger partial charge in [0.25, 0.3) is 0 Å². The van der Waals surface area contributed by atoms with Crippen LogP contribution in [-0.4, -0.2) is 24.5 Å². The molecule has 0 aromatic heterocycles. The van der Waals surface area contributed by atoms with Crippen LogP contribution in [0.15, 0.2) is 0 Å². The fourth-order valence-corrected chi connectivity index (χ4v) is 4.61. The molecule has 0 aromatic carbocycles. The van der Waals surface area contributed by atoms with Crippen molar-refractivity contribution in [2.45, 2.75) is 64.8 Å². The van der Waals surface area contributed by atoms with Gasteiger partial charge in [-0.25, -0.2) is 0 Å². The molecule has 17 heavy (non-hydrogen) atoms. The molecule has 1 rings (SSSR count). The molecule has 0 spiro atoms. The topological polar surface area (TPSA) is 52.1 Å². The minimum Gasteiger partial charge on any atom is -0.332 e. The van der Waals surface area contributed by atoms with Crippen LogP contribution in [0.4, 0.5) is 0 Å². The Labute approximate surface area is 105 Å². The quantitative estimate of drug-likeness (QED) is 0.750. The van der Waals surface area contributed by atoms with E-state index in [-0.39, 0.29) is 6.10 Å². The average Bonchev–Trinajstić information content (AvgIpc) is 2.26. The fraction of sp³-hybridized carbons (Fsp3) is 1.00. The van der Waals surface area contributed by atoms with Crippen LogP contribution in [0.3, 0.4) is 0 Å². The minimum absolute atomic E-state index is 0.0424. The second-order valence-corrected chi connectivity index (χ2v) is 7.62. The summed E-state index contributed by atoms with van der Waals surface area (Å²) in [5.74, 6) is 0. The molecule has 3 atom stereocenters. The van der Waals surface area contributed by atoms with E-state index in [1.165, 1.54) is 0 Å². The second kappa shape index (κ2) is 6.33. The summed E-state index contributed by atoms with van der Waals surface area (Å²) >= 11 is 0. The lowest BCUT2D eigenvalue weighted by atomic mass is 10.2. The molecule has 0 unspecified atom stereocenters. The number of hydrogen-bond donors (Lipinski definition) is 1. The molecular formula is C12H27NO3P+. The van der Waals surface area contributed by atoms with Crippen molar-refractivity contribution in [3.63, 3.8) is 0 Å². The van der Waals surface area contributed by atoms with Gasteiger partial charge in [-0.2, -0.15) is 0 Å². The molecule has 0 bridgehead atoms. The molecule has 5 heteroatoms. The van der Waals surface area contributed by atoms with Gasteiger partial charge in [-0.3, -0.25) is 4.57 Å². The summed E-state index contributed by atoms with van der Waals surface area (Å²) < 4.78 is 24.1. The lowest BCUT2D eigenvalue weighted by Crippen LogP contribution is -2.95. The van der Waals surface area contributed by atoms with E-state index in [2.05, 4.69) is 19.2 Å². The van der Waals surface area contributed by atoms with Gasteiger partial charge in [0.05, 0.1) is 19.3 Å². The Morgan fingerprint density at radius 3 is 2.65 bits per heavy atom. The zero-order chi connectivity index (χ0) is 12.9. The molecule has 1 fully saturated rings. The van der Waals surface area contributed by atoms with Gasteiger partial charge in [0.1, 0.15) is 0 Å². The molecule has 1 heterocycles. The molecule has 102 valence electrons. The highest BCUT2D eigenvalue weighted by molar-refractivity contribution is 7.55. The Hall–Kier alpha value is 0.110. The summed E-state index contributed by atoms with van der Waals surface area (Å²) in [6.07, 6.45) is 3.79. The molecule has 0 aromatic rings. The maximum atomic E-state index is 12.9. The van der Waals surface area contributed by atoms with Gasteiger partial charge in [-0.1, -0.05) is 13.8 Å². The van der Waals surface area contributed by atoms with Crippen LogP contribution in [-0.2, 0) is 13.6 Å². The minimum atomic E-state index is -2.99. The molecule has 1 aliphatic heterocycles. The third-order valence-electron chi connectivity index (χ3n) is 3.36. The predicted molar refractivity (Wildman–Crippen MR) is 69.1 cm³/mol. The molecule has 1 aliphatic rings.